The molecule has 0 bridgehead atoms. The fourth-order valence-electron chi connectivity index (χ4n) is 2.59. The topological polar surface area (TPSA) is 73.2 Å². The van der Waals surface area contributed by atoms with E-state index in [4.69, 9.17) is 16.9 Å². The number of likely N-dealkylation sites (tertiary alicyclic amines) is 1. The van der Waals surface area contributed by atoms with Crippen molar-refractivity contribution in [2.45, 2.75) is 30.7 Å². The van der Waals surface area contributed by atoms with E-state index < -0.39 is 10.0 Å². The number of benzene rings is 1. The van der Waals surface area contributed by atoms with Crippen LogP contribution in [0.2, 0.25) is 5.02 Å². The van der Waals surface area contributed by atoms with E-state index in [0.717, 1.165) is 25.9 Å². The molecule has 0 aliphatic carbocycles. The highest BCUT2D eigenvalue weighted by Gasteiger charge is 2.25. The van der Waals surface area contributed by atoms with Crippen LogP contribution in [0.1, 0.15) is 25.3 Å². The highest BCUT2D eigenvalue weighted by molar-refractivity contribution is 7.89. The van der Waals surface area contributed by atoms with Crippen molar-refractivity contribution in [3.05, 3.63) is 28.8 Å². The molecule has 1 aliphatic heterocycles. The molecular formula is C14H18ClN3O2S. The van der Waals surface area contributed by atoms with E-state index in [1.807, 2.05) is 6.07 Å². The van der Waals surface area contributed by atoms with E-state index in [1.54, 1.807) is 0 Å². The molecule has 0 saturated carbocycles. The van der Waals surface area contributed by atoms with E-state index in [9.17, 15) is 8.42 Å². The smallest absolute Gasteiger partial charge is 0.240 e. The van der Waals surface area contributed by atoms with Crippen LogP contribution < -0.4 is 4.72 Å². The summed E-state index contributed by atoms with van der Waals surface area (Å²) < 4.78 is 27.2. The number of rotatable bonds is 5. The Balaban J connectivity index is 2.08. The first-order chi connectivity index (χ1) is 9.97. The van der Waals surface area contributed by atoms with Crippen molar-refractivity contribution in [3.8, 4) is 6.07 Å². The van der Waals surface area contributed by atoms with Gasteiger partial charge in [-0.2, -0.15) is 5.26 Å². The minimum atomic E-state index is -3.60. The molecule has 0 spiro atoms. The van der Waals surface area contributed by atoms with Gasteiger partial charge in [-0.25, -0.2) is 13.1 Å². The molecule has 1 aromatic carbocycles. The Labute approximate surface area is 130 Å². The average molecular weight is 328 g/mol. The van der Waals surface area contributed by atoms with Crippen LogP contribution in [-0.4, -0.2) is 39.0 Å². The van der Waals surface area contributed by atoms with Gasteiger partial charge in [-0.3, -0.25) is 4.90 Å². The Hall–Kier alpha value is -1.13. The van der Waals surface area contributed by atoms with Gasteiger partial charge in [-0.15, -0.1) is 0 Å². The number of hydrogen-bond donors (Lipinski definition) is 1. The van der Waals surface area contributed by atoms with E-state index in [2.05, 4.69) is 16.5 Å². The SMILES string of the molecule is CCN1CCC[C@H]1CNS(=O)(=O)c1ccc(C#N)c(Cl)c1. The largest absolute Gasteiger partial charge is 0.299 e. The predicted octanol–water partition coefficient (Wildman–Crippen LogP) is 1.97. The Bertz CT molecular complexity index is 655. The Morgan fingerprint density at radius 3 is 2.90 bits per heavy atom. The Morgan fingerprint density at radius 1 is 1.52 bits per heavy atom. The first-order valence-electron chi connectivity index (χ1n) is 6.91. The maximum absolute atomic E-state index is 12.3. The van der Waals surface area contributed by atoms with Crippen LogP contribution in [0.3, 0.4) is 0 Å². The quantitative estimate of drug-likeness (QED) is 0.897. The molecule has 7 heteroatoms. The van der Waals surface area contributed by atoms with Gasteiger partial charge in [0.1, 0.15) is 6.07 Å². The second kappa shape index (κ2) is 6.75. The highest BCUT2D eigenvalue weighted by atomic mass is 35.5. The second-order valence-corrected chi connectivity index (χ2v) is 7.20. The number of nitriles is 1. The lowest BCUT2D eigenvalue weighted by molar-refractivity contribution is 0.268. The summed E-state index contributed by atoms with van der Waals surface area (Å²) in [5.41, 5.74) is 0.267. The van der Waals surface area contributed by atoms with Crippen molar-refractivity contribution >= 4 is 21.6 Å². The van der Waals surface area contributed by atoms with Crippen LogP contribution in [-0.2, 0) is 10.0 Å². The molecule has 1 N–H and O–H groups in total. The van der Waals surface area contributed by atoms with Crippen molar-refractivity contribution < 1.29 is 8.42 Å². The minimum Gasteiger partial charge on any atom is -0.299 e. The molecule has 21 heavy (non-hydrogen) atoms. The van der Waals surface area contributed by atoms with Crippen molar-refractivity contribution in [3.63, 3.8) is 0 Å². The summed E-state index contributed by atoms with van der Waals surface area (Å²) in [6.45, 7) is 4.42. The number of nitrogens with zero attached hydrogens (tertiary/aromatic N) is 2. The number of halogens is 1. The number of hydrogen-bond acceptors (Lipinski definition) is 4. The summed E-state index contributed by atoms with van der Waals surface area (Å²) in [4.78, 5) is 2.36. The molecule has 0 aromatic heterocycles. The van der Waals surface area contributed by atoms with Gasteiger partial charge in [0.2, 0.25) is 10.0 Å². The van der Waals surface area contributed by atoms with Crippen LogP contribution in [0.5, 0.6) is 0 Å². The van der Waals surface area contributed by atoms with Gasteiger partial charge >= 0.3 is 0 Å². The molecular weight excluding hydrogens is 310 g/mol. The third-order valence-corrected chi connectivity index (χ3v) is 5.52. The van der Waals surface area contributed by atoms with E-state index in [-0.39, 0.29) is 21.5 Å². The first kappa shape index (κ1) is 16.2. The van der Waals surface area contributed by atoms with E-state index in [1.165, 1.54) is 18.2 Å². The van der Waals surface area contributed by atoms with Crippen LogP contribution in [0.4, 0.5) is 0 Å². The lowest BCUT2D eigenvalue weighted by Gasteiger charge is -2.22. The second-order valence-electron chi connectivity index (χ2n) is 5.03. The minimum absolute atomic E-state index is 0.0903. The maximum atomic E-state index is 12.3. The molecule has 1 aromatic rings. The average Bonchev–Trinajstić information content (AvgIpc) is 2.92. The van der Waals surface area contributed by atoms with E-state index in [0.29, 0.717) is 6.54 Å². The summed E-state index contributed by atoms with van der Waals surface area (Å²) in [6.07, 6.45) is 2.10. The molecule has 0 unspecified atom stereocenters. The highest BCUT2D eigenvalue weighted by Crippen LogP contribution is 2.21. The van der Waals surface area contributed by atoms with Gasteiger partial charge in [0, 0.05) is 12.6 Å². The molecule has 1 fully saturated rings. The van der Waals surface area contributed by atoms with E-state index >= 15 is 0 Å². The summed E-state index contributed by atoms with van der Waals surface area (Å²) >= 11 is 5.89. The van der Waals surface area contributed by atoms with Crippen molar-refractivity contribution in [1.82, 2.24) is 9.62 Å². The van der Waals surface area contributed by atoms with Crippen LogP contribution in [0.25, 0.3) is 0 Å². The zero-order valence-corrected chi connectivity index (χ0v) is 13.4. The summed E-state index contributed by atoms with van der Waals surface area (Å²) in [5, 5.41) is 8.96. The molecule has 1 aliphatic rings. The van der Waals surface area contributed by atoms with Gasteiger partial charge < -0.3 is 0 Å². The van der Waals surface area contributed by atoms with Gasteiger partial charge in [-0.1, -0.05) is 18.5 Å². The molecule has 0 radical (unpaired) electrons. The molecule has 1 atom stereocenters. The Kier molecular flexibility index (Phi) is 5.22. The monoisotopic (exact) mass is 327 g/mol. The summed E-state index contributed by atoms with van der Waals surface area (Å²) in [7, 11) is -3.60. The summed E-state index contributed by atoms with van der Waals surface area (Å²) in [5.74, 6) is 0. The number of nitrogens with one attached hydrogen (secondary N) is 1. The van der Waals surface area contributed by atoms with Crippen LogP contribution in [0.15, 0.2) is 23.1 Å². The van der Waals surface area contributed by atoms with Crippen molar-refractivity contribution in [2.24, 2.45) is 0 Å². The van der Waals surface area contributed by atoms with Crippen LogP contribution >= 0.6 is 11.6 Å². The molecule has 5 nitrogen and oxygen atoms in total. The Morgan fingerprint density at radius 2 is 2.29 bits per heavy atom. The number of sulfonamides is 1. The van der Waals surface area contributed by atoms with Gasteiger partial charge in [0.15, 0.2) is 0 Å². The summed E-state index contributed by atoms with van der Waals surface area (Å²) in [6, 6.07) is 6.30. The zero-order chi connectivity index (χ0) is 15.5. The fourth-order valence-corrected chi connectivity index (χ4v) is 3.97. The molecule has 0 amide bonds. The normalized spacial score (nSPS) is 19.6. The zero-order valence-electron chi connectivity index (χ0n) is 11.8. The maximum Gasteiger partial charge on any atom is 0.240 e. The predicted molar refractivity (Wildman–Crippen MR) is 81.6 cm³/mol. The third-order valence-electron chi connectivity index (χ3n) is 3.79. The molecule has 114 valence electrons. The van der Waals surface area contributed by atoms with Crippen LogP contribution in [0, 0.1) is 11.3 Å². The lowest BCUT2D eigenvalue weighted by Crippen LogP contribution is -2.39. The fraction of sp³-hybridized carbons (Fsp3) is 0.500. The first-order valence-corrected chi connectivity index (χ1v) is 8.77. The standard InChI is InChI=1S/C14H18ClN3O2S/c1-2-18-7-3-4-12(18)10-17-21(19,20)13-6-5-11(9-16)14(15)8-13/h5-6,8,12,17H,2-4,7,10H2,1H3/t12-/m0/s1. The van der Waals surface area contributed by atoms with Gasteiger partial charge in [0.25, 0.3) is 0 Å². The molecule has 1 saturated heterocycles. The molecule has 2 rings (SSSR count). The lowest BCUT2D eigenvalue weighted by atomic mass is 10.2. The third kappa shape index (κ3) is 3.74. The molecule has 1 heterocycles. The van der Waals surface area contributed by atoms with Gasteiger partial charge in [0.05, 0.1) is 15.5 Å². The van der Waals surface area contributed by atoms with Crippen molar-refractivity contribution in [2.75, 3.05) is 19.6 Å². The number of likely N-dealkylation sites (N-methyl/N-ethyl adjacent to an activating group) is 1. The van der Waals surface area contributed by atoms with Gasteiger partial charge in [-0.05, 0) is 44.1 Å². The van der Waals surface area contributed by atoms with Crippen molar-refractivity contribution in [1.29, 1.82) is 5.26 Å².